The molecule has 258 valence electrons. The fourth-order valence-electron chi connectivity index (χ4n) is 7.35. The van der Waals surface area contributed by atoms with Gasteiger partial charge in [0.25, 0.3) is 0 Å². The summed E-state index contributed by atoms with van der Waals surface area (Å²) in [5.74, 6) is 0. The molecule has 0 nitrogen and oxygen atoms in total. The van der Waals surface area contributed by atoms with Gasteiger partial charge >= 0.3 is 70.3 Å². The van der Waals surface area contributed by atoms with Gasteiger partial charge in [-0.1, -0.05) is 107 Å². The molecule has 3 aliphatic carbocycles. The Balaban J connectivity index is 0.000000298. The molecular weight excluding hydrogens is 715 g/mol. The van der Waals surface area contributed by atoms with Gasteiger partial charge in [-0.15, -0.1) is 11.6 Å². The molecule has 0 aliphatic heterocycles. The van der Waals surface area contributed by atoms with Crippen LogP contribution in [0.15, 0.2) is 78.9 Å². The molecule has 49 heavy (non-hydrogen) atoms. The van der Waals surface area contributed by atoms with Crippen LogP contribution < -0.4 is 24.8 Å². The Morgan fingerprint density at radius 3 is 1.71 bits per heavy atom. The number of benzene rings is 3. The van der Waals surface area contributed by atoms with Crippen LogP contribution in [0.4, 0.5) is 0 Å². The minimum absolute atomic E-state index is 0. The van der Waals surface area contributed by atoms with Crippen molar-refractivity contribution < 1.29 is 49.0 Å². The molecule has 0 heterocycles. The molecule has 0 radical (unpaired) electrons. The van der Waals surface area contributed by atoms with E-state index in [0.29, 0.717) is 0 Å². The van der Waals surface area contributed by atoms with Crippen molar-refractivity contribution in [2.24, 2.45) is 10.8 Å². The first-order valence-corrected chi connectivity index (χ1v) is 18.5. The third kappa shape index (κ3) is 8.66. The Kier molecular flexibility index (Phi) is 12.5. The summed E-state index contributed by atoms with van der Waals surface area (Å²) in [5, 5.41) is 0. The van der Waals surface area contributed by atoms with Crippen LogP contribution in [0, 0.1) is 30.8 Å². The van der Waals surface area contributed by atoms with Gasteiger partial charge in [0.05, 0.1) is 0 Å². The predicted molar refractivity (Wildman–Crippen MR) is 202 cm³/mol. The Hall–Kier alpha value is -2.18. The second-order valence-electron chi connectivity index (χ2n) is 17.1. The van der Waals surface area contributed by atoms with E-state index in [1.165, 1.54) is 99.8 Å². The van der Waals surface area contributed by atoms with Gasteiger partial charge in [-0.3, -0.25) is 6.08 Å². The van der Waals surface area contributed by atoms with Gasteiger partial charge < -0.3 is 24.8 Å². The molecule has 0 saturated heterocycles. The number of hydrogen-bond donors (Lipinski definition) is 0. The maximum Gasteiger partial charge on any atom is -0.0635 e. The minimum atomic E-state index is -0.0202. The summed E-state index contributed by atoms with van der Waals surface area (Å²) in [6.45, 7) is 29.7. The van der Waals surface area contributed by atoms with E-state index in [9.17, 15) is 0 Å². The fraction of sp³-hybridized carbons (Fsp3) is 0.391. The molecule has 0 fully saturated rings. The molecule has 0 saturated carbocycles. The minimum Gasteiger partial charge on any atom is -1.00 e. The summed E-state index contributed by atoms with van der Waals surface area (Å²) < 4.78 is 1.46. The summed E-state index contributed by atoms with van der Waals surface area (Å²) in [4.78, 5) is 0. The monoisotopic (exact) mass is 766 g/mol. The van der Waals surface area contributed by atoms with Gasteiger partial charge in [0.2, 0.25) is 0 Å². The fourth-order valence-corrected chi connectivity index (χ4v) is 7.76. The van der Waals surface area contributed by atoms with Gasteiger partial charge in [-0.05, 0) is 62.3 Å². The van der Waals surface area contributed by atoms with E-state index in [4.69, 9.17) is 0 Å². The first-order valence-electron chi connectivity index (χ1n) is 17.2. The Labute approximate surface area is 325 Å². The second-order valence-corrected chi connectivity index (χ2v) is 19.0. The van der Waals surface area contributed by atoms with Crippen LogP contribution in [0.2, 0.25) is 0 Å². The zero-order chi connectivity index (χ0) is 34.7. The van der Waals surface area contributed by atoms with Crippen molar-refractivity contribution >= 4 is 14.4 Å². The molecule has 4 aromatic carbocycles. The van der Waals surface area contributed by atoms with Crippen LogP contribution in [0.5, 0.6) is 0 Å². The number of aryl methyl sites for hydroxylation is 2. The number of halogens is 2. The van der Waals surface area contributed by atoms with Crippen LogP contribution in [0.3, 0.4) is 0 Å². The standard InChI is InChI=1S/C31H37.C8H8.C7H9.2ClH.Zr/c1-28(2,3)26-16-30(7,8)24-12-18-11-19-13-25-23(15-21(19)20(18)14-22(24)26)27(29(4,5)6)17-31(25,9)10;1-2-8-6-4-3-5-7-8;1-6-3-4-7(2)5-6;;;/h12-16H,11H2,1-10H3;3-7H,1H3;3-5H,1-2H3;2*1H;/q-1;;-1;;;+2/p-2. The molecule has 0 N–H and O–H groups in total. The maximum absolute atomic E-state index is 3.85. The third-order valence-electron chi connectivity index (χ3n) is 9.86. The van der Waals surface area contributed by atoms with Crippen molar-refractivity contribution in [3.63, 3.8) is 0 Å². The Bertz CT molecular complexity index is 1780. The molecule has 0 atom stereocenters. The van der Waals surface area contributed by atoms with Crippen molar-refractivity contribution in [1.82, 2.24) is 0 Å². The van der Waals surface area contributed by atoms with Gasteiger partial charge in [0.15, 0.2) is 0 Å². The van der Waals surface area contributed by atoms with Gasteiger partial charge in [-0.2, -0.15) is 23.3 Å². The molecule has 0 spiro atoms. The molecule has 3 heteroatoms. The summed E-state index contributed by atoms with van der Waals surface area (Å²) in [6, 6.07) is 26.9. The third-order valence-corrected chi connectivity index (χ3v) is 10.6. The zero-order valence-electron chi connectivity index (χ0n) is 32.0. The normalized spacial score (nSPS) is 15.7. The summed E-state index contributed by atoms with van der Waals surface area (Å²) in [5.41, 5.74) is 19.0. The molecule has 0 aromatic heterocycles. The molecule has 3 aliphatic rings. The Morgan fingerprint density at radius 2 is 1.29 bits per heavy atom. The van der Waals surface area contributed by atoms with E-state index in [1.807, 2.05) is 6.07 Å². The number of allylic oxidation sites excluding steroid dienone is 4. The summed E-state index contributed by atoms with van der Waals surface area (Å²) in [7, 11) is 0. The molecule has 0 amide bonds. The van der Waals surface area contributed by atoms with E-state index in [2.05, 4.69) is 169 Å². The number of rotatable bonds is 1. The van der Waals surface area contributed by atoms with Gasteiger partial charge in [0.1, 0.15) is 0 Å². The molecule has 4 aromatic rings. The van der Waals surface area contributed by atoms with Crippen LogP contribution in [-0.2, 0) is 41.5 Å². The first-order chi connectivity index (χ1) is 21.7. The van der Waals surface area contributed by atoms with Gasteiger partial charge in [-0.25, -0.2) is 17.2 Å². The molecule has 7 rings (SSSR count). The van der Waals surface area contributed by atoms with Crippen molar-refractivity contribution in [3.8, 4) is 11.1 Å². The largest absolute Gasteiger partial charge is 1.00 e. The van der Waals surface area contributed by atoms with Crippen molar-refractivity contribution in [3.05, 3.63) is 135 Å². The second kappa shape index (κ2) is 14.8. The topological polar surface area (TPSA) is 0 Å². The van der Waals surface area contributed by atoms with Crippen molar-refractivity contribution in [2.45, 2.75) is 107 Å². The van der Waals surface area contributed by atoms with Crippen LogP contribution in [0.25, 0.3) is 22.3 Å². The number of fused-ring (bicyclic) bond motifs is 5. The van der Waals surface area contributed by atoms with Crippen LogP contribution in [-0.4, -0.2) is 3.21 Å². The summed E-state index contributed by atoms with van der Waals surface area (Å²) >= 11 is 1.51. The van der Waals surface area contributed by atoms with Gasteiger partial charge in [0, 0.05) is 5.41 Å². The van der Waals surface area contributed by atoms with E-state index in [1.54, 1.807) is 0 Å². The van der Waals surface area contributed by atoms with E-state index in [-0.39, 0.29) is 46.5 Å². The maximum atomic E-state index is 3.85. The van der Waals surface area contributed by atoms with E-state index < -0.39 is 0 Å². The number of hydrogen-bond acceptors (Lipinski definition) is 0. The average molecular weight is 769 g/mol. The molecular formula is C46H54Cl2Zr-2. The smallest absolute Gasteiger partial charge is 0.0635 e. The zero-order valence-corrected chi connectivity index (χ0v) is 35.9. The quantitative estimate of drug-likeness (QED) is 0.176. The van der Waals surface area contributed by atoms with Crippen LogP contribution in [0.1, 0.15) is 126 Å². The molecule has 0 unspecified atom stereocenters. The first kappa shape index (κ1) is 41.2. The van der Waals surface area contributed by atoms with Crippen molar-refractivity contribution in [1.29, 1.82) is 0 Å². The molecule has 0 bridgehead atoms. The van der Waals surface area contributed by atoms with E-state index in [0.717, 1.165) is 6.42 Å². The Morgan fingerprint density at radius 1 is 0.735 bits per heavy atom. The SMILES string of the molecule is CC(C)(C)C1=[C-]C(C)(C)c2cc3c(cc21)-c1cc2c(cc1C3)C(C)(C)C=C2C(C)(C)C.C[C](=[Zr+2])c1ccccc1.Cc1c[cH-]c(C)c1.[Cl-].[Cl-]. The van der Waals surface area contributed by atoms with Crippen LogP contribution >= 0.6 is 0 Å². The summed E-state index contributed by atoms with van der Waals surface area (Å²) in [6.07, 6.45) is 7.41. The van der Waals surface area contributed by atoms with E-state index >= 15 is 0 Å². The average Bonchev–Trinajstić information content (AvgIpc) is 3.68. The van der Waals surface area contributed by atoms with Crippen molar-refractivity contribution in [2.75, 3.05) is 0 Å². The predicted octanol–water partition coefficient (Wildman–Crippen LogP) is 6.31.